The molecule has 0 bridgehead atoms. The standard InChI is InChI=1S/C13H15N3O3/c1-9(13(17)19-3)7-11(18-2)16-12(14)10-5-4-6-15-8-10/h4-8H,1H2,2-3H3,(H2,14,16)/b11-7+. The lowest BCUT2D eigenvalue weighted by molar-refractivity contribution is -0.135. The minimum absolute atomic E-state index is 0.113. The van der Waals surface area contributed by atoms with Gasteiger partial charge in [0.15, 0.2) is 0 Å². The number of methoxy groups -OCH3 is 2. The SMILES string of the molecule is C=C(/C=C(\N=C(/N)c1cccnc1)OC)C(=O)OC. The molecule has 0 saturated heterocycles. The lowest BCUT2D eigenvalue weighted by Gasteiger charge is -2.04. The first kappa shape index (κ1) is 14.4. The van der Waals surface area contributed by atoms with Gasteiger partial charge in [0.1, 0.15) is 5.84 Å². The van der Waals surface area contributed by atoms with E-state index in [4.69, 9.17) is 10.5 Å². The third-order valence-electron chi connectivity index (χ3n) is 2.14. The predicted octanol–water partition coefficient (Wildman–Crippen LogP) is 1.00. The first-order chi connectivity index (χ1) is 9.08. The Labute approximate surface area is 111 Å². The number of aliphatic imine (C=N–C) groups is 1. The first-order valence-electron chi connectivity index (χ1n) is 5.36. The number of ether oxygens (including phenoxy) is 2. The maximum Gasteiger partial charge on any atom is 0.337 e. The largest absolute Gasteiger partial charge is 0.481 e. The number of carbonyl (C=O) groups is 1. The highest BCUT2D eigenvalue weighted by atomic mass is 16.5. The lowest BCUT2D eigenvalue weighted by Crippen LogP contribution is -2.14. The normalized spacial score (nSPS) is 11.9. The van der Waals surface area contributed by atoms with Crippen LogP contribution in [0.5, 0.6) is 0 Å². The van der Waals surface area contributed by atoms with Crippen LogP contribution in [0.4, 0.5) is 0 Å². The summed E-state index contributed by atoms with van der Waals surface area (Å²) in [5.41, 5.74) is 6.56. The fraction of sp³-hybridized carbons (Fsp3) is 0.154. The van der Waals surface area contributed by atoms with Crippen LogP contribution in [0, 0.1) is 0 Å². The van der Waals surface area contributed by atoms with Crippen LogP contribution in [0.1, 0.15) is 5.56 Å². The molecule has 6 heteroatoms. The second-order valence-electron chi connectivity index (χ2n) is 3.44. The van der Waals surface area contributed by atoms with Gasteiger partial charge >= 0.3 is 5.97 Å². The topological polar surface area (TPSA) is 86.8 Å². The molecule has 0 aliphatic rings. The molecule has 0 aromatic carbocycles. The van der Waals surface area contributed by atoms with Crippen molar-refractivity contribution in [2.24, 2.45) is 10.7 Å². The van der Waals surface area contributed by atoms with Crippen molar-refractivity contribution in [1.82, 2.24) is 4.98 Å². The highest BCUT2D eigenvalue weighted by Crippen LogP contribution is 2.07. The monoisotopic (exact) mass is 261 g/mol. The number of pyridine rings is 1. The first-order valence-corrected chi connectivity index (χ1v) is 5.36. The summed E-state index contributed by atoms with van der Waals surface area (Å²) in [6.07, 6.45) is 4.54. The van der Waals surface area contributed by atoms with Gasteiger partial charge < -0.3 is 15.2 Å². The summed E-state index contributed by atoms with van der Waals surface area (Å²) in [5, 5.41) is 0. The van der Waals surface area contributed by atoms with Crippen molar-refractivity contribution < 1.29 is 14.3 Å². The lowest BCUT2D eigenvalue weighted by atomic mass is 10.2. The number of carbonyl (C=O) groups excluding carboxylic acids is 1. The van der Waals surface area contributed by atoms with E-state index in [0.717, 1.165) is 0 Å². The molecule has 1 aromatic rings. The van der Waals surface area contributed by atoms with Gasteiger partial charge in [0.2, 0.25) is 5.88 Å². The second-order valence-corrected chi connectivity index (χ2v) is 3.44. The van der Waals surface area contributed by atoms with Gasteiger partial charge in [0, 0.05) is 24.0 Å². The summed E-state index contributed by atoms with van der Waals surface area (Å²) < 4.78 is 9.53. The number of nitrogens with two attached hydrogens (primary N) is 1. The van der Waals surface area contributed by atoms with Gasteiger partial charge in [-0.1, -0.05) is 6.58 Å². The molecule has 19 heavy (non-hydrogen) atoms. The van der Waals surface area contributed by atoms with Gasteiger partial charge in [-0.25, -0.2) is 4.79 Å². The maximum atomic E-state index is 11.2. The van der Waals surface area contributed by atoms with E-state index in [-0.39, 0.29) is 17.3 Å². The van der Waals surface area contributed by atoms with E-state index in [1.165, 1.54) is 20.3 Å². The Hall–Kier alpha value is -2.63. The summed E-state index contributed by atoms with van der Waals surface area (Å²) in [6, 6.07) is 3.50. The fourth-order valence-electron chi connectivity index (χ4n) is 1.17. The van der Waals surface area contributed by atoms with Crippen LogP contribution in [0.15, 0.2) is 53.6 Å². The van der Waals surface area contributed by atoms with Crippen molar-refractivity contribution in [3.63, 3.8) is 0 Å². The molecule has 0 fully saturated rings. The van der Waals surface area contributed by atoms with Crippen LogP contribution in [0.25, 0.3) is 0 Å². The Morgan fingerprint density at radius 3 is 2.74 bits per heavy atom. The summed E-state index contributed by atoms with van der Waals surface area (Å²) in [4.78, 5) is 19.2. The molecule has 0 atom stereocenters. The van der Waals surface area contributed by atoms with Gasteiger partial charge in [-0.15, -0.1) is 0 Å². The number of aromatic nitrogens is 1. The molecule has 0 radical (unpaired) electrons. The molecule has 100 valence electrons. The Morgan fingerprint density at radius 1 is 1.47 bits per heavy atom. The van der Waals surface area contributed by atoms with Crippen molar-refractivity contribution in [2.45, 2.75) is 0 Å². The molecule has 0 aliphatic carbocycles. The van der Waals surface area contributed by atoms with Gasteiger partial charge in [-0.2, -0.15) is 4.99 Å². The van der Waals surface area contributed by atoms with Crippen molar-refractivity contribution in [3.05, 3.63) is 54.2 Å². The number of esters is 1. The second kappa shape index (κ2) is 6.95. The minimum Gasteiger partial charge on any atom is -0.481 e. The van der Waals surface area contributed by atoms with E-state index in [0.29, 0.717) is 5.56 Å². The summed E-state index contributed by atoms with van der Waals surface area (Å²) >= 11 is 0. The number of nitrogens with zero attached hydrogens (tertiary/aromatic N) is 2. The van der Waals surface area contributed by atoms with Crippen LogP contribution >= 0.6 is 0 Å². The van der Waals surface area contributed by atoms with E-state index < -0.39 is 5.97 Å². The highest BCUT2D eigenvalue weighted by molar-refractivity contribution is 5.98. The highest BCUT2D eigenvalue weighted by Gasteiger charge is 2.06. The van der Waals surface area contributed by atoms with Gasteiger partial charge in [-0.3, -0.25) is 4.98 Å². The molecule has 0 spiro atoms. The van der Waals surface area contributed by atoms with Crippen molar-refractivity contribution in [2.75, 3.05) is 14.2 Å². The molecule has 1 rings (SSSR count). The number of amidine groups is 1. The average molecular weight is 261 g/mol. The summed E-state index contributed by atoms with van der Waals surface area (Å²) in [6.45, 7) is 3.54. The van der Waals surface area contributed by atoms with Crippen molar-refractivity contribution in [1.29, 1.82) is 0 Å². The quantitative estimate of drug-likeness (QED) is 0.213. The van der Waals surface area contributed by atoms with Crippen molar-refractivity contribution >= 4 is 11.8 Å². The zero-order valence-electron chi connectivity index (χ0n) is 10.8. The fourth-order valence-corrected chi connectivity index (χ4v) is 1.17. The third-order valence-corrected chi connectivity index (χ3v) is 2.14. The van der Waals surface area contributed by atoms with E-state index in [9.17, 15) is 4.79 Å². The van der Waals surface area contributed by atoms with E-state index in [1.807, 2.05) is 0 Å². The number of hydrogen-bond donors (Lipinski definition) is 1. The Balaban J connectivity index is 2.96. The minimum atomic E-state index is -0.565. The smallest absolute Gasteiger partial charge is 0.337 e. The molecule has 0 saturated carbocycles. The molecule has 2 N–H and O–H groups in total. The van der Waals surface area contributed by atoms with E-state index >= 15 is 0 Å². The van der Waals surface area contributed by atoms with Gasteiger partial charge in [0.05, 0.1) is 19.8 Å². The zero-order valence-corrected chi connectivity index (χ0v) is 10.8. The van der Waals surface area contributed by atoms with Crippen LogP contribution < -0.4 is 5.73 Å². The molecular formula is C13H15N3O3. The molecule has 1 aromatic heterocycles. The number of rotatable bonds is 5. The third kappa shape index (κ3) is 4.27. The average Bonchev–Trinajstić information content (AvgIpc) is 2.46. The molecule has 6 nitrogen and oxygen atoms in total. The molecular weight excluding hydrogens is 246 g/mol. The molecule has 0 aliphatic heterocycles. The Kier molecular flexibility index (Phi) is 5.28. The zero-order chi connectivity index (χ0) is 14.3. The molecule has 0 unspecified atom stereocenters. The van der Waals surface area contributed by atoms with E-state index in [2.05, 4.69) is 21.3 Å². The summed E-state index contributed by atoms with van der Waals surface area (Å²) in [5.74, 6) is -0.194. The summed E-state index contributed by atoms with van der Waals surface area (Å²) in [7, 11) is 2.68. The van der Waals surface area contributed by atoms with Gasteiger partial charge in [-0.05, 0) is 12.1 Å². The van der Waals surface area contributed by atoms with Crippen LogP contribution in [0.2, 0.25) is 0 Å². The Bertz CT molecular complexity index is 521. The van der Waals surface area contributed by atoms with Crippen LogP contribution in [-0.4, -0.2) is 31.0 Å². The van der Waals surface area contributed by atoms with Crippen LogP contribution in [-0.2, 0) is 14.3 Å². The van der Waals surface area contributed by atoms with Gasteiger partial charge in [0.25, 0.3) is 0 Å². The van der Waals surface area contributed by atoms with Crippen LogP contribution in [0.3, 0.4) is 0 Å². The molecule has 0 amide bonds. The predicted molar refractivity (Wildman–Crippen MR) is 71.2 cm³/mol. The maximum absolute atomic E-state index is 11.2. The Morgan fingerprint density at radius 2 is 2.21 bits per heavy atom. The molecule has 1 heterocycles. The van der Waals surface area contributed by atoms with E-state index in [1.54, 1.807) is 24.5 Å². The number of hydrogen-bond acceptors (Lipinski definition) is 5. The van der Waals surface area contributed by atoms with Crippen molar-refractivity contribution in [3.8, 4) is 0 Å².